The molecule has 0 unspecified atom stereocenters. The van der Waals surface area contributed by atoms with Crippen LogP contribution in [0.15, 0.2) is 60.8 Å². The molecule has 0 radical (unpaired) electrons. The number of para-hydroxylation sites is 1. The van der Waals surface area contributed by atoms with Crippen molar-refractivity contribution in [2.24, 2.45) is 0 Å². The highest BCUT2D eigenvalue weighted by molar-refractivity contribution is 5.46. The average Bonchev–Trinajstić information content (AvgIpc) is 3.15. The zero-order valence-corrected chi connectivity index (χ0v) is 17.2. The summed E-state index contributed by atoms with van der Waals surface area (Å²) in [5, 5.41) is 11.8. The first-order valence-corrected chi connectivity index (χ1v) is 9.95. The standard InChI is InChI=1S/C23H25N3O4/c1-29-18-13-17(14-19(15-18)30-2)16-25-12-6-11-24-10-5-9-22(24)23(25)20-7-3-4-8-21(20)26(27)28/h3-5,7-10,13-15,23H,6,11-12,16H2,1-2H3/t23-/m0/s1. The predicted molar refractivity (Wildman–Crippen MR) is 114 cm³/mol. The summed E-state index contributed by atoms with van der Waals surface area (Å²) >= 11 is 0. The van der Waals surface area contributed by atoms with Gasteiger partial charge in [-0.05, 0) is 36.2 Å². The number of rotatable bonds is 6. The van der Waals surface area contributed by atoms with Crippen LogP contribution in [-0.4, -0.2) is 35.2 Å². The number of hydrogen-bond donors (Lipinski definition) is 0. The molecule has 4 rings (SSSR count). The molecule has 0 amide bonds. The molecular formula is C23H25N3O4. The number of nitrogens with zero attached hydrogens (tertiary/aromatic N) is 3. The van der Waals surface area contributed by atoms with Crippen LogP contribution < -0.4 is 9.47 Å². The van der Waals surface area contributed by atoms with Crippen LogP contribution >= 0.6 is 0 Å². The molecule has 1 atom stereocenters. The second-order valence-electron chi connectivity index (χ2n) is 7.39. The number of ether oxygens (including phenoxy) is 2. The lowest BCUT2D eigenvalue weighted by Crippen LogP contribution is -2.30. The molecule has 0 saturated heterocycles. The van der Waals surface area contributed by atoms with Gasteiger partial charge in [-0.15, -0.1) is 0 Å². The summed E-state index contributed by atoms with van der Waals surface area (Å²) < 4.78 is 13.1. The van der Waals surface area contributed by atoms with E-state index in [9.17, 15) is 10.1 Å². The van der Waals surface area contributed by atoms with E-state index in [1.807, 2.05) is 36.4 Å². The van der Waals surface area contributed by atoms with E-state index in [4.69, 9.17) is 9.47 Å². The lowest BCUT2D eigenvalue weighted by molar-refractivity contribution is -0.385. The van der Waals surface area contributed by atoms with E-state index >= 15 is 0 Å². The maximum atomic E-state index is 11.8. The lowest BCUT2D eigenvalue weighted by atomic mass is 9.99. The van der Waals surface area contributed by atoms with E-state index in [0.717, 1.165) is 42.3 Å². The Hall–Kier alpha value is -3.32. The van der Waals surface area contributed by atoms with Crippen LogP contribution in [0.25, 0.3) is 0 Å². The van der Waals surface area contributed by atoms with Crippen LogP contribution in [0.5, 0.6) is 11.5 Å². The van der Waals surface area contributed by atoms with Gasteiger partial charge in [-0.25, -0.2) is 0 Å². The van der Waals surface area contributed by atoms with Gasteiger partial charge in [0.1, 0.15) is 11.5 Å². The van der Waals surface area contributed by atoms with E-state index in [-0.39, 0.29) is 16.7 Å². The number of benzene rings is 2. The summed E-state index contributed by atoms with van der Waals surface area (Å²) in [6.45, 7) is 2.32. The molecule has 2 heterocycles. The van der Waals surface area contributed by atoms with Gasteiger partial charge in [0.25, 0.3) is 5.69 Å². The fourth-order valence-electron chi connectivity index (χ4n) is 4.24. The predicted octanol–water partition coefficient (Wildman–Crippen LogP) is 4.41. The van der Waals surface area contributed by atoms with Gasteiger partial charge in [-0.1, -0.05) is 18.2 Å². The first-order valence-electron chi connectivity index (χ1n) is 9.95. The van der Waals surface area contributed by atoms with E-state index in [1.54, 1.807) is 26.4 Å². The summed E-state index contributed by atoms with van der Waals surface area (Å²) in [4.78, 5) is 13.8. The minimum Gasteiger partial charge on any atom is -0.497 e. The fraction of sp³-hybridized carbons (Fsp3) is 0.304. The maximum Gasteiger partial charge on any atom is 0.274 e. The Morgan fingerprint density at radius 1 is 1.03 bits per heavy atom. The molecule has 0 N–H and O–H groups in total. The van der Waals surface area contributed by atoms with E-state index in [0.29, 0.717) is 12.1 Å². The topological polar surface area (TPSA) is 69.8 Å². The van der Waals surface area contributed by atoms with Gasteiger partial charge in [-0.2, -0.15) is 0 Å². The number of hydrogen-bond acceptors (Lipinski definition) is 5. The Morgan fingerprint density at radius 2 is 1.77 bits per heavy atom. The van der Waals surface area contributed by atoms with Gasteiger partial charge in [0.2, 0.25) is 0 Å². The molecule has 2 aromatic carbocycles. The number of nitro benzene ring substituents is 1. The Morgan fingerprint density at radius 3 is 2.47 bits per heavy atom. The number of methoxy groups -OCH3 is 2. The monoisotopic (exact) mass is 407 g/mol. The number of nitro groups is 1. The molecule has 0 bridgehead atoms. The lowest BCUT2D eigenvalue weighted by Gasteiger charge is -2.30. The van der Waals surface area contributed by atoms with Crippen molar-refractivity contribution in [3.05, 3.63) is 87.7 Å². The van der Waals surface area contributed by atoms with E-state index in [2.05, 4.69) is 21.7 Å². The Balaban J connectivity index is 1.79. The Labute approximate surface area is 175 Å². The van der Waals surface area contributed by atoms with Crippen molar-refractivity contribution in [3.63, 3.8) is 0 Å². The summed E-state index contributed by atoms with van der Waals surface area (Å²) in [5.74, 6) is 1.45. The second-order valence-corrected chi connectivity index (χ2v) is 7.39. The molecule has 0 spiro atoms. The number of aromatic nitrogens is 1. The highest BCUT2D eigenvalue weighted by Gasteiger charge is 2.32. The fourth-order valence-corrected chi connectivity index (χ4v) is 4.24. The molecule has 1 aliphatic rings. The highest BCUT2D eigenvalue weighted by Crippen LogP contribution is 2.38. The van der Waals surface area contributed by atoms with Gasteiger partial charge in [0.15, 0.2) is 0 Å². The van der Waals surface area contributed by atoms with Crippen LogP contribution in [0.1, 0.15) is 29.3 Å². The Kier molecular flexibility index (Phi) is 5.72. The van der Waals surface area contributed by atoms with Crippen LogP contribution in [0.2, 0.25) is 0 Å². The van der Waals surface area contributed by atoms with Crippen molar-refractivity contribution in [1.82, 2.24) is 9.47 Å². The molecule has 156 valence electrons. The van der Waals surface area contributed by atoms with Crippen molar-refractivity contribution in [1.29, 1.82) is 0 Å². The highest BCUT2D eigenvalue weighted by atomic mass is 16.6. The van der Waals surface area contributed by atoms with Gasteiger partial charge < -0.3 is 14.0 Å². The van der Waals surface area contributed by atoms with Crippen LogP contribution in [-0.2, 0) is 13.1 Å². The van der Waals surface area contributed by atoms with Crippen LogP contribution in [0.3, 0.4) is 0 Å². The molecule has 0 fully saturated rings. The molecule has 3 aromatic rings. The first-order chi connectivity index (χ1) is 14.6. The molecule has 7 nitrogen and oxygen atoms in total. The third-order valence-corrected chi connectivity index (χ3v) is 5.58. The van der Waals surface area contributed by atoms with Gasteiger partial charge in [0.05, 0.1) is 30.7 Å². The maximum absolute atomic E-state index is 11.8. The average molecular weight is 407 g/mol. The van der Waals surface area contributed by atoms with Gasteiger partial charge in [-0.3, -0.25) is 15.0 Å². The third kappa shape index (κ3) is 3.89. The van der Waals surface area contributed by atoms with Crippen molar-refractivity contribution in [3.8, 4) is 11.5 Å². The first kappa shape index (κ1) is 20.0. The molecule has 0 saturated carbocycles. The summed E-state index contributed by atoms with van der Waals surface area (Å²) in [7, 11) is 3.26. The quantitative estimate of drug-likeness (QED) is 0.447. The van der Waals surface area contributed by atoms with E-state index in [1.165, 1.54) is 0 Å². The van der Waals surface area contributed by atoms with Crippen molar-refractivity contribution in [2.75, 3.05) is 20.8 Å². The zero-order valence-electron chi connectivity index (χ0n) is 17.2. The molecule has 1 aromatic heterocycles. The summed E-state index contributed by atoms with van der Waals surface area (Å²) in [6, 6.07) is 16.7. The van der Waals surface area contributed by atoms with Crippen LogP contribution in [0, 0.1) is 10.1 Å². The van der Waals surface area contributed by atoms with Crippen LogP contribution in [0.4, 0.5) is 5.69 Å². The summed E-state index contributed by atoms with van der Waals surface area (Å²) in [6.07, 6.45) is 3.01. The van der Waals surface area contributed by atoms with Crippen molar-refractivity contribution >= 4 is 5.69 Å². The van der Waals surface area contributed by atoms with Gasteiger partial charge in [0, 0.05) is 43.7 Å². The number of fused-ring (bicyclic) bond motifs is 1. The Bertz CT molecular complexity index is 1020. The smallest absolute Gasteiger partial charge is 0.274 e. The zero-order chi connectivity index (χ0) is 21.1. The molecule has 1 aliphatic heterocycles. The normalized spacial score (nSPS) is 16.5. The largest absolute Gasteiger partial charge is 0.497 e. The molecular weight excluding hydrogens is 382 g/mol. The molecule has 30 heavy (non-hydrogen) atoms. The minimum atomic E-state index is -0.291. The summed E-state index contributed by atoms with van der Waals surface area (Å²) in [5.41, 5.74) is 2.95. The third-order valence-electron chi connectivity index (χ3n) is 5.58. The minimum absolute atomic E-state index is 0.144. The van der Waals surface area contributed by atoms with Crippen molar-refractivity contribution < 1.29 is 14.4 Å². The number of aryl methyl sites for hydroxylation is 1. The molecule has 7 heteroatoms. The van der Waals surface area contributed by atoms with E-state index < -0.39 is 0 Å². The second kappa shape index (κ2) is 8.59. The van der Waals surface area contributed by atoms with Gasteiger partial charge >= 0.3 is 0 Å². The van der Waals surface area contributed by atoms with Crippen molar-refractivity contribution in [2.45, 2.75) is 25.6 Å². The SMILES string of the molecule is COc1cc(CN2CCCn3cccc3[C@@H]2c2ccccc2[N+](=O)[O-])cc(OC)c1. The molecule has 0 aliphatic carbocycles.